The van der Waals surface area contributed by atoms with Crippen LogP contribution in [-0.4, -0.2) is 37.3 Å². The highest BCUT2D eigenvalue weighted by molar-refractivity contribution is 7.93. The van der Waals surface area contributed by atoms with Gasteiger partial charge in [0.25, 0.3) is 10.0 Å². The minimum atomic E-state index is -3.67. The van der Waals surface area contributed by atoms with E-state index in [9.17, 15) is 13.2 Å². The first kappa shape index (κ1) is 18.8. The molecule has 1 aromatic heterocycles. The number of rotatable bonds is 5. The number of nitrogens with zero attached hydrogens (tertiary/aromatic N) is 2. The van der Waals surface area contributed by atoms with Crippen molar-refractivity contribution in [3.63, 3.8) is 0 Å². The van der Waals surface area contributed by atoms with Crippen LogP contribution in [-0.2, 0) is 21.2 Å². The molecule has 1 amide bonds. The summed E-state index contributed by atoms with van der Waals surface area (Å²) in [5.74, 6) is 0.719. The van der Waals surface area contributed by atoms with Crippen LogP contribution >= 0.6 is 11.3 Å². The summed E-state index contributed by atoms with van der Waals surface area (Å²) in [5.41, 5.74) is 1.59. The monoisotopic (exact) mass is 393 g/mol. The Morgan fingerprint density at radius 2 is 1.92 bits per heavy atom. The second-order valence-electron chi connectivity index (χ2n) is 6.80. The lowest BCUT2D eigenvalue weighted by Crippen LogP contribution is -2.38. The number of carbonyl (C=O) groups excluding carboxylic acids is 1. The maximum absolute atomic E-state index is 12.4. The third-order valence-corrected chi connectivity index (χ3v) is 6.86. The van der Waals surface area contributed by atoms with Gasteiger partial charge >= 0.3 is 0 Å². The lowest BCUT2D eigenvalue weighted by Gasteiger charge is -2.30. The smallest absolute Gasteiger partial charge is 0.263 e. The molecule has 0 saturated carbocycles. The molecule has 0 unspecified atom stereocenters. The highest BCUT2D eigenvalue weighted by atomic mass is 32.2. The van der Waals surface area contributed by atoms with Crippen LogP contribution in [0.2, 0.25) is 0 Å². The molecule has 2 heterocycles. The molecular formula is C18H23N3O3S2. The summed E-state index contributed by atoms with van der Waals surface area (Å²) in [6.07, 6.45) is 2.27. The summed E-state index contributed by atoms with van der Waals surface area (Å²) in [4.78, 5) is 18.7. The van der Waals surface area contributed by atoms with Crippen molar-refractivity contribution in [3.8, 4) is 0 Å². The van der Waals surface area contributed by atoms with Crippen LogP contribution in [0.1, 0.15) is 31.0 Å². The first-order valence-electron chi connectivity index (χ1n) is 8.65. The second-order valence-corrected chi connectivity index (χ2v) is 9.34. The Bertz CT molecular complexity index is 867. The average molecular weight is 394 g/mol. The van der Waals surface area contributed by atoms with Crippen molar-refractivity contribution in [2.24, 2.45) is 5.92 Å². The van der Waals surface area contributed by atoms with Crippen molar-refractivity contribution in [3.05, 3.63) is 40.9 Å². The molecule has 26 heavy (non-hydrogen) atoms. The van der Waals surface area contributed by atoms with Crippen LogP contribution in [0, 0.1) is 12.8 Å². The van der Waals surface area contributed by atoms with Gasteiger partial charge in [-0.3, -0.25) is 9.52 Å². The summed E-state index contributed by atoms with van der Waals surface area (Å²) < 4.78 is 27.3. The van der Waals surface area contributed by atoms with Crippen molar-refractivity contribution < 1.29 is 13.2 Å². The van der Waals surface area contributed by atoms with E-state index < -0.39 is 10.0 Å². The molecule has 6 nitrogen and oxygen atoms in total. The van der Waals surface area contributed by atoms with E-state index in [4.69, 9.17) is 0 Å². The van der Waals surface area contributed by atoms with E-state index in [0.717, 1.165) is 31.5 Å². The van der Waals surface area contributed by atoms with Gasteiger partial charge in [0.1, 0.15) is 0 Å². The molecule has 1 saturated heterocycles. The van der Waals surface area contributed by atoms with Gasteiger partial charge in [0.2, 0.25) is 5.91 Å². The lowest BCUT2D eigenvalue weighted by molar-refractivity contribution is -0.131. The Morgan fingerprint density at radius 1 is 1.27 bits per heavy atom. The van der Waals surface area contributed by atoms with Crippen LogP contribution in [0.3, 0.4) is 0 Å². The summed E-state index contributed by atoms with van der Waals surface area (Å²) >= 11 is 1.19. The molecule has 1 aliphatic rings. The van der Waals surface area contributed by atoms with Gasteiger partial charge in [0.15, 0.2) is 5.13 Å². The number of hydrogen-bond acceptors (Lipinski definition) is 5. The summed E-state index contributed by atoms with van der Waals surface area (Å²) in [7, 11) is -3.67. The van der Waals surface area contributed by atoms with E-state index in [1.165, 1.54) is 11.3 Å². The molecule has 2 aromatic rings. The third-order valence-electron chi connectivity index (χ3n) is 4.57. The highest BCUT2D eigenvalue weighted by Gasteiger charge is 2.22. The van der Waals surface area contributed by atoms with Gasteiger partial charge in [-0.2, -0.15) is 0 Å². The predicted molar refractivity (Wildman–Crippen MR) is 103 cm³/mol. The molecule has 0 atom stereocenters. The van der Waals surface area contributed by atoms with Crippen LogP contribution in [0.15, 0.2) is 34.5 Å². The van der Waals surface area contributed by atoms with Crippen LogP contribution < -0.4 is 4.72 Å². The van der Waals surface area contributed by atoms with Gasteiger partial charge in [-0.05, 0) is 37.8 Å². The first-order valence-corrected chi connectivity index (χ1v) is 11.0. The van der Waals surface area contributed by atoms with Crippen molar-refractivity contribution in [2.45, 2.75) is 38.0 Å². The Morgan fingerprint density at radius 3 is 2.58 bits per heavy atom. The van der Waals surface area contributed by atoms with Gasteiger partial charge in [0.05, 0.1) is 17.0 Å². The minimum Gasteiger partial charge on any atom is -0.342 e. The van der Waals surface area contributed by atoms with E-state index in [2.05, 4.69) is 16.6 Å². The number of anilines is 1. The molecule has 0 radical (unpaired) electrons. The number of aromatic nitrogens is 1. The Balaban J connectivity index is 1.62. The number of benzene rings is 1. The Hall–Kier alpha value is -1.93. The summed E-state index contributed by atoms with van der Waals surface area (Å²) in [6.45, 7) is 5.68. The number of sulfonamides is 1. The SMILES string of the molecule is Cc1ccc(S(=O)(=O)Nc2nc(CC(=O)N3CCC(C)CC3)cs2)cc1. The Labute approximate surface area is 158 Å². The van der Waals surface area contributed by atoms with Gasteiger partial charge in [-0.1, -0.05) is 24.6 Å². The quantitative estimate of drug-likeness (QED) is 0.847. The number of piperidine rings is 1. The zero-order valence-corrected chi connectivity index (χ0v) is 16.6. The summed E-state index contributed by atoms with van der Waals surface area (Å²) in [5, 5.41) is 2.01. The zero-order valence-electron chi connectivity index (χ0n) is 14.9. The molecular weight excluding hydrogens is 370 g/mol. The lowest BCUT2D eigenvalue weighted by atomic mass is 9.99. The second kappa shape index (κ2) is 7.75. The largest absolute Gasteiger partial charge is 0.342 e. The fraction of sp³-hybridized carbons (Fsp3) is 0.444. The maximum atomic E-state index is 12.4. The Kier molecular flexibility index (Phi) is 5.62. The van der Waals surface area contributed by atoms with Gasteiger partial charge in [0, 0.05) is 18.5 Å². The highest BCUT2D eigenvalue weighted by Crippen LogP contribution is 2.22. The molecule has 0 aliphatic carbocycles. The fourth-order valence-electron chi connectivity index (χ4n) is 2.85. The molecule has 1 aromatic carbocycles. The third kappa shape index (κ3) is 4.62. The molecule has 1 aliphatic heterocycles. The van der Waals surface area contributed by atoms with E-state index in [-0.39, 0.29) is 22.4 Å². The summed E-state index contributed by atoms with van der Waals surface area (Å²) in [6, 6.07) is 6.63. The zero-order chi connectivity index (χ0) is 18.7. The van der Waals surface area contributed by atoms with Gasteiger partial charge in [-0.25, -0.2) is 13.4 Å². The number of amides is 1. The number of aryl methyl sites for hydroxylation is 1. The average Bonchev–Trinajstić information content (AvgIpc) is 3.02. The van der Waals surface area contributed by atoms with Crippen LogP contribution in [0.5, 0.6) is 0 Å². The molecule has 0 spiro atoms. The molecule has 0 bridgehead atoms. The van der Waals surface area contributed by atoms with Gasteiger partial charge in [-0.15, -0.1) is 11.3 Å². The minimum absolute atomic E-state index is 0.0511. The van der Waals surface area contributed by atoms with Crippen LogP contribution in [0.4, 0.5) is 5.13 Å². The topological polar surface area (TPSA) is 79.4 Å². The molecule has 1 N–H and O–H groups in total. The van der Waals surface area contributed by atoms with Gasteiger partial charge < -0.3 is 4.90 Å². The number of carbonyl (C=O) groups is 1. The normalized spacial score (nSPS) is 15.8. The number of thiazole rings is 1. The van der Waals surface area contributed by atoms with E-state index >= 15 is 0 Å². The standard InChI is InChI=1S/C18H23N3O3S2/c1-13-3-5-16(6-4-13)26(23,24)20-18-19-15(12-25-18)11-17(22)21-9-7-14(2)8-10-21/h3-6,12,14H,7-11H2,1-2H3,(H,19,20). The first-order chi connectivity index (χ1) is 12.3. The molecule has 8 heteroatoms. The van der Waals surface area contributed by atoms with Crippen molar-refractivity contribution in [2.75, 3.05) is 17.8 Å². The van der Waals surface area contributed by atoms with Crippen molar-refractivity contribution in [1.29, 1.82) is 0 Å². The van der Waals surface area contributed by atoms with Crippen molar-refractivity contribution in [1.82, 2.24) is 9.88 Å². The molecule has 1 fully saturated rings. The number of hydrogen-bond donors (Lipinski definition) is 1. The maximum Gasteiger partial charge on any atom is 0.263 e. The van der Waals surface area contributed by atoms with E-state index in [1.54, 1.807) is 29.6 Å². The van der Waals surface area contributed by atoms with E-state index in [0.29, 0.717) is 11.6 Å². The predicted octanol–water partition coefficient (Wildman–Crippen LogP) is 3.05. The molecule has 3 rings (SSSR count). The van der Waals surface area contributed by atoms with Crippen LogP contribution in [0.25, 0.3) is 0 Å². The fourth-order valence-corrected chi connectivity index (χ4v) is 4.81. The molecule has 140 valence electrons. The number of likely N-dealkylation sites (tertiary alicyclic amines) is 1. The van der Waals surface area contributed by atoms with Crippen molar-refractivity contribution >= 4 is 32.4 Å². The number of nitrogens with one attached hydrogen (secondary N) is 1. The van der Waals surface area contributed by atoms with E-state index in [1.807, 2.05) is 11.8 Å².